The first-order chi connectivity index (χ1) is 8.40. The number of nitrogens with zero attached hydrogens (tertiary/aromatic N) is 4. The molecule has 2 aromatic rings. The molecular weight excluding hydrogens is 214 g/mol. The van der Waals surface area contributed by atoms with Crippen molar-refractivity contribution in [1.82, 2.24) is 24.6 Å². The highest BCUT2D eigenvalue weighted by Crippen LogP contribution is 2.00. The Hall–Kier alpha value is -1.62. The molecule has 0 aliphatic heterocycles. The predicted octanol–water partition coefficient (Wildman–Crippen LogP) is 1.28. The van der Waals surface area contributed by atoms with Crippen molar-refractivity contribution in [2.75, 3.05) is 6.54 Å². The SMILES string of the molecule is CCCNCc1cncn1CCn1cccn1. The first kappa shape index (κ1) is 11.9. The van der Waals surface area contributed by atoms with E-state index in [1.54, 1.807) is 6.20 Å². The van der Waals surface area contributed by atoms with Gasteiger partial charge in [-0.15, -0.1) is 0 Å². The monoisotopic (exact) mass is 233 g/mol. The smallest absolute Gasteiger partial charge is 0.0949 e. The maximum atomic E-state index is 4.19. The minimum absolute atomic E-state index is 0.879. The van der Waals surface area contributed by atoms with Crippen molar-refractivity contribution in [1.29, 1.82) is 0 Å². The molecule has 5 heteroatoms. The van der Waals surface area contributed by atoms with Gasteiger partial charge in [-0.25, -0.2) is 4.98 Å². The largest absolute Gasteiger partial charge is 0.332 e. The van der Waals surface area contributed by atoms with E-state index in [2.05, 4.69) is 26.9 Å². The van der Waals surface area contributed by atoms with E-state index in [0.29, 0.717) is 0 Å². The van der Waals surface area contributed by atoms with E-state index in [1.165, 1.54) is 5.69 Å². The zero-order chi connectivity index (χ0) is 11.9. The third kappa shape index (κ3) is 3.42. The van der Waals surface area contributed by atoms with E-state index in [9.17, 15) is 0 Å². The average Bonchev–Trinajstić information content (AvgIpc) is 2.97. The van der Waals surface area contributed by atoms with Gasteiger partial charge in [-0.1, -0.05) is 6.92 Å². The van der Waals surface area contributed by atoms with Crippen LogP contribution in [0.4, 0.5) is 0 Å². The molecule has 5 nitrogen and oxygen atoms in total. The van der Waals surface area contributed by atoms with E-state index in [1.807, 2.05) is 29.5 Å². The van der Waals surface area contributed by atoms with Crippen LogP contribution in [-0.4, -0.2) is 25.9 Å². The number of nitrogens with one attached hydrogen (secondary N) is 1. The summed E-state index contributed by atoms with van der Waals surface area (Å²) in [6.07, 6.45) is 8.74. The Morgan fingerprint density at radius 1 is 1.35 bits per heavy atom. The number of imidazole rings is 1. The molecule has 0 aliphatic rings. The molecule has 92 valence electrons. The van der Waals surface area contributed by atoms with Crippen molar-refractivity contribution in [2.45, 2.75) is 33.0 Å². The number of hydrogen-bond donors (Lipinski definition) is 1. The van der Waals surface area contributed by atoms with Gasteiger partial charge in [-0.2, -0.15) is 5.10 Å². The molecule has 0 saturated heterocycles. The van der Waals surface area contributed by atoms with Crippen LogP contribution in [0.15, 0.2) is 31.0 Å². The fraction of sp³-hybridized carbons (Fsp3) is 0.500. The first-order valence-electron chi connectivity index (χ1n) is 6.07. The summed E-state index contributed by atoms with van der Waals surface area (Å²) in [7, 11) is 0. The molecule has 0 spiro atoms. The highest BCUT2D eigenvalue weighted by molar-refractivity contribution is 4.97. The lowest BCUT2D eigenvalue weighted by atomic mass is 10.4. The van der Waals surface area contributed by atoms with Crippen molar-refractivity contribution < 1.29 is 0 Å². The summed E-state index contributed by atoms with van der Waals surface area (Å²) in [5.41, 5.74) is 1.23. The quantitative estimate of drug-likeness (QED) is 0.733. The van der Waals surface area contributed by atoms with Crippen molar-refractivity contribution in [2.24, 2.45) is 0 Å². The maximum absolute atomic E-state index is 4.19. The van der Waals surface area contributed by atoms with E-state index >= 15 is 0 Å². The second-order valence-corrected chi connectivity index (χ2v) is 4.02. The number of rotatable bonds is 7. The number of aryl methyl sites for hydroxylation is 2. The standard InChI is InChI=1S/C12H19N5/c1-2-4-13-9-12-10-14-11-16(12)7-8-17-6-3-5-15-17/h3,5-6,10-11,13H,2,4,7-9H2,1H3. The van der Waals surface area contributed by atoms with Crippen molar-refractivity contribution in [3.63, 3.8) is 0 Å². The molecular formula is C12H19N5. The van der Waals surface area contributed by atoms with Crippen LogP contribution in [0.25, 0.3) is 0 Å². The summed E-state index contributed by atoms with van der Waals surface area (Å²) < 4.78 is 4.10. The molecule has 17 heavy (non-hydrogen) atoms. The Morgan fingerprint density at radius 3 is 3.06 bits per heavy atom. The zero-order valence-corrected chi connectivity index (χ0v) is 10.2. The first-order valence-corrected chi connectivity index (χ1v) is 6.07. The van der Waals surface area contributed by atoms with Gasteiger partial charge in [0.25, 0.3) is 0 Å². The van der Waals surface area contributed by atoms with Crippen LogP contribution in [-0.2, 0) is 19.6 Å². The van der Waals surface area contributed by atoms with Gasteiger partial charge in [-0.05, 0) is 19.0 Å². The van der Waals surface area contributed by atoms with Crippen LogP contribution in [0, 0.1) is 0 Å². The van der Waals surface area contributed by atoms with E-state index in [0.717, 1.165) is 32.6 Å². The summed E-state index contributed by atoms with van der Waals surface area (Å²) in [5.74, 6) is 0. The fourth-order valence-corrected chi connectivity index (χ4v) is 1.73. The Bertz CT molecular complexity index is 418. The van der Waals surface area contributed by atoms with Crippen LogP contribution in [0.1, 0.15) is 19.0 Å². The lowest BCUT2D eigenvalue weighted by molar-refractivity contribution is 0.514. The maximum Gasteiger partial charge on any atom is 0.0949 e. The van der Waals surface area contributed by atoms with Gasteiger partial charge in [-0.3, -0.25) is 4.68 Å². The van der Waals surface area contributed by atoms with Crippen LogP contribution in [0.2, 0.25) is 0 Å². The topological polar surface area (TPSA) is 47.7 Å². The van der Waals surface area contributed by atoms with Gasteiger partial charge in [0.15, 0.2) is 0 Å². The summed E-state index contributed by atoms with van der Waals surface area (Å²) in [6, 6.07) is 1.94. The predicted molar refractivity (Wildman–Crippen MR) is 66.5 cm³/mol. The number of aromatic nitrogens is 4. The highest BCUT2D eigenvalue weighted by atomic mass is 15.3. The lowest BCUT2D eigenvalue weighted by Crippen LogP contribution is -2.18. The van der Waals surface area contributed by atoms with Gasteiger partial charge < -0.3 is 9.88 Å². The van der Waals surface area contributed by atoms with Crippen LogP contribution in [0.5, 0.6) is 0 Å². The Labute approximate surface area is 101 Å². The summed E-state index contributed by atoms with van der Waals surface area (Å²) in [6.45, 7) is 5.88. The zero-order valence-electron chi connectivity index (χ0n) is 10.2. The molecule has 0 fully saturated rings. The molecule has 0 aromatic carbocycles. The minimum Gasteiger partial charge on any atom is -0.332 e. The minimum atomic E-state index is 0.879. The Balaban J connectivity index is 1.85. The van der Waals surface area contributed by atoms with Crippen molar-refractivity contribution in [3.8, 4) is 0 Å². The highest BCUT2D eigenvalue weighted by Gasteiger charge is 2.01. The molecule has 0 amide bonds. The molecule has 0 unspecified atom stereocenters. The van der Waals surface area contributed by atoms with Crippen molar-refractivity contribution in [3.05, 3.63) is 36.7 Å². The van der Waals surface area contributed by atoms with Gasteiger partial charge in [0.2, 0.25) is 0 Å². The summed E-state index contributed by atoms with van der Waals surface area (Å²) >= 11 is 0. The second-order valence-electron chi connectivity index (χ2n) is 4.02. The van der Waals surface area contributed by atoms with Crippen LogP contribution < -0.4 is 5.32 Å². The third-order valence-corrected chi connectivity index (χ3v) is 2.66. The average molecular weight is 233 g/mol. The van der Waals surface area contributed by atoms with Gasteiger partial charge in [0.1, 0.15) is 0 Å². The van der Waals surface area contributed by atoms with Crippen LogP contribution in [0.3, 0.4) is 0 Å². The van der Waals surface area contributed by atoms with Gasteiger partial charge >= 0.3 is 0 Å². The van der Waals surface area contributed by atoms with Crippen molar-refractivity contribution >= 4 is 0 Å². The lowest BCUT2D eigenvalue weighted by Gasteiger charge is -2.08. The Kier molecular flexibility index (Phi) is 4.32. The normalized spacial score (nSPS) is 10.9. The number of hydrogen-bond acceptors (Lipinski definition) is 3. The van der Waals surface area contributed by atoms with Gasteiger partial charge in [0, 0.05) is 31.7 Å². The molecule has 0 bridgehead atoms. The molecule has 1 N–H and O–H groups in total. The summed E-state index contributed by atoms with van der Waals surface area (Å²) in [4.78, 5) is 4.19. The van der Waals surface area contributed by atoms with E-state index in [4.69, 9.17) is 0 Å². The van der Waals surface area contributed by atoms with Gasteiger partial charge in [0.05, 0.1) is 18.6 Å². The third-order valence-electron chi connectivity index (χ3n) is 2.66. The molecule has 2 rings (SSSR count). The second kappa shape index (κ2) is 6.20. The molecule has 2 aromatic heterocycles. The molecule has 0 saturated carbocycles. The molecule has 0 aliphatic carbocycles. The van der Waals surface area contributed by atoms with E-state index in [-0.39, 0.29) is 0 Å². The fourth-order valence-electron chi connectivity index (χ4n) is 1.73. The molecule has 0 atom stereocenters. The van der Waals surface area contributed by atoms with E-state index < -0.39 is 0 Å². The summed E-state index contributed by atoms with van der Waals surface area (Å²) in [5, 5.41) is 7.58. The molecule has 2 heterocycles. The molecule has 0 radical (unpaired) electrons. The van der Waals surface area contributed by atoms with Crippen LogP contribution >= 0.6 is 0 Å². The Morgan fingerprint density at radius 2 is 2.29 bits per heavy atom.